The lowest BCUT2D eigenvalue weighted by Gasteiger charge is -2.28. The standard InChI is InChI=1S/C22H23BClNO4/c1-15(14-26)19-9-10-23(28)29-22(19)8-6-17(21-4-2-3-11-25-21)12-16-5-7-18(27)13-20(16)24/h2-5,7,9,11-13,22,26-28H,1,6,8,10,14H2/b17-12-. The summed E-state index contributed by atoms with van der Waals surface area (Å²) in [5, 5.41) is 29.4. The third kappa shape index (κ3) is 5.58. The minimum atomic E-state index is -0.871. The molecule has 0 saturated heterocycles. The lowest BCUT2D eigenvalue weighted by Crippen LogP contribution is -2.32. The van der Waals surface area contributed by atoms with Gasteiger partial charge in [-0.15, -0.1) is 0 Å². The molecule has 1 aromatic heterocycles. The summed E-state index contributed by atoms with van der Waals surface area (Å²) in [5.41, 5.74) is 3.92. The van der Waals surface area contributed by atoms with Crippen LogP contribution < -0.4 is 0 Å². The van der Waals surface area contributed by atoms with E-state index in [1.807, 2.05) is 30.4 Å². The third-order valence-corrected chi connectivity index (χ3v) is 5.12. The molecule has 0 saturated carbocycles. The first kappa shape index (κ1) is 21.3. The Hall–Kier alpha value is -2.38. The molecule has 29 heavy (non-hydrogen) atoms. The van der Waals surface area contributed by atoms with Crippen molar-refractivity contribution < 1.29 is 19.9 Å². The lowest BCUT2D eigenvalue weighted by molar-refractivity contribution is 0.182. The SMILES string of the molecule is C=C(CO)C1=CCB(O)OC1CC/C(=C/c1ccc(O)cc1Cl)c1ccccn1. The Bertz CT molecular complexity index is 930. The lowest BCUT2D eigenvalue weighted by atomic mass is 9.78. The molecule has 150 valence electrons. The number of hydrogen-bond donors (Lipinski definition) is 3. The summed E-state index contributed by atoms with van der Waals surface area (Å²) in [6.07, 6.45) is 6.70. The summed E-state index contributed by atoms with van der Waals surface area (Å²) < 4.78 is 5.71. The number of hydrogen-bond acceptors (Lipinski definition) is 5. The number of aromatic hydroxyl groups is 1. The highest BCUT2D eigenvalue weighted by molar-refractivity contribution is 6.43. The van der Waals surface area contributed by atoms with Gasteiger partial charge < -0.3 is 19.9 Å². The van der Waals surface area contributed by atoms with Crippen molar-refractivity contribution in [2.24, 2.45) is 0 Å². The fourth-order valence-electron chi connectivity index (χ4n) is 3.30. The highest BCUT2D eigenvalue weighted by atomic mass is 35.5. The molecule has 1 unspecified atom stereocenters. The summed E-state index contributed by atoms with van der Waals surface area (Å²) in [6.45, 7) is 3.74. The Labute approximate surface area is 175 Å². The number of phenolic OH excluding ortho intramolecular Hbond substituents is 1. The molecule has 0 aliphatic carbocycles. The van der Waals surface area contributed by atoms with Gasteiger partial charge in [0.1, 0.15) is 5.75 Å². The van der Waals surface area contributed by atoms with Crippen LogP contribution in [0.25, 0.3) is 11.6 Å². The average Bonchev–Trinajstić information content (AvgIpc) is 2.72. The van der Waals surface area contributed by atoms with Crippen LogP contribution in [-0.4, -0.2) is 40.1 Å². The number of nitrogens with zero attached hydrogens (tertiary/aromatic N) is 1. The van der Waals surface area contributed by atoms with E-state index < -0.39 is 7.12 Å². The fourth-order valence-corrected chi connectivity index (χ4v) is 3.53. The van der Waals surface area contributed by atoms with E-state index in [0.717, 1.165) is 22.4 Å². The minimum absolute atomic E-state index is 0.105. The van der Waals surface area contributed by atoms with E-state index in [1.165, 1.54) is 6.07 Å². The van der Waals surface area contributed by atoms with Crippen molar-refractivity contribution in [3.05, 3.63) is 82.7 Å². The predicted octanol–water partition coefficient (Wildman–Crippen LogP) is 4.12. The summed E-state index contributed by atoms with van der Waals surface area (Å²) in [5.74, 6) is 0.105. The van der Waals surface area contributed by atoms with Gasteiger partial charge in [0, 0.05) is 12.5 Å². The minimum Gasteiger partial charge on any atom is -0.508 e. The Balaban J connectivity index is 1.88. The number of aromatic nitrogens is 1. The predicted molar refractivity (Wildman–Crippen MR) is 116 cm³/mol. The molecule has 3 N–H and O–H groups in total. The topological polar surface area (TPSA) is 82.8 Å². The number of aliphatic hydroxyl groups excluding tert-OH is 1. The van der Waals surface area contributed by atoms with Crippen LogP contribution in [0.3, 0.4) is 0 Å². The first-order valence-corrected chi connectivity index (χ1v) is 9.79. The van der Waals surface area contributed by atoms with E-state index in [2.05, 4.69) is 11.6 Å². The zero-order valence-corrected chi connectivity index (χ0v) is 16.7. The van der Waals surface area contributed by atoms with Gasteiger partial charge in [-0.25, -0.2) is 0 Å². The molecular formula is C22H23BClNO4. The second-order valence-corrected chi connectivity index (χ2v) is 7.27. The van der Waals surface area contributed by atoms with E-state index >= 15 is 0 Å². The molecule has 0 amide bonds. The first-order chi connectivity index (χ1) is 14.0. The maximum atomic E-state index is 9.90. The highest BCUT2D eigenvalue weighted by Crippen LogP contribution is 2.31. The summed E-state index contributed by atoms with van der Waals surface area (Å²) >= 11 is 6.28. The maximum absolute atomic E-state index is 9.90. The van der Waals surface area contributed by atoms with E-state index in [1.54, 1.807) is 18.3 Å². The molecule has 7 heteroatoms. The van der Waals surface area contributed by atoms with Crippen LogP contribution in [0.5, 0.6) is 5.75 Å². The van der Waals surface area contributed by atoms with E-state index in [0.29, 0.717) is 29.8 Å². The van der Waals surface area contributed by atoms with Gasteiger partial charge in [0.25, 0.3) is 0 Å². The zero-order valence-electron chi connectivity index (χ0n) is 16.0. The molecule has 2 aromatic rings. The van der Waals surface area contributed by atoms with Crippen molar-refractivity contribution in [2.75, 3.05) is 6.61 Å². The van der Waals surface area contributed by atoms with Gasteiger partial charge in [0.15, 0.2) is 0 Å². The van der Waals surface area contributed by atoms with Crippen molar-refractivity contribution in [1.29, 1.82) is 0 Å². The molecule has 5 nitrogen and oxygen atoms in total. The Morgan fingerprint density at radius 2 is 2.17 bits per heavy atom. The van der Waals surface area contributed by atoms with E-state index in [9.17, 15) is 15.2 Å². The average molecular weight is 412 g/mol. The Kier molecular flexibility index (Phi) is 7.28. The van der Waals surface area contributed by atoms with Gasteiger partial charge >= 0.3 is 7.12 Å². The van der Waals surface area contributed by atoms with Crippen molar-refractivity contribution in [3.8, 4) is 5.75 Å². The third-order valence-electron chi connectivity index (χ3n) is 4.79. The molecule has 1 aliphatic heterocycles. The van der Waals surface area contributed by atoms with E-state index in [-0.39, 0.29) is 18.5 Å². The van der Waals surface area contributed by atoms with Crippen molar-refractivity contribution >= 4 is 30.4 Å². The zero-order chi connectivity index (χ0) is 20.8. The molecule has 0 radical (unpaired) electrons. The normalized spacial score (nSPS) is 17.2. The summed E-state index contributed by atoms with van der Waals surface area (Å²) in [4.78, 5) is 4.45. The second-order valence-electron chi connectivity index (χ2n) is 6.87. The number of allylic oxidation sites excluding steroid dienone is 2. The highest BCUT2D eigenvalue weighted by Gasteiger charge is 2.28. The van der Waals surface area contributed by atoms with Crippen LogP contribution in [0.1, 0.15) is 24.1 Å². The monoisotopic (exact) mass is 411 g/mol. The second kappa shape index (κ2) is 9.90. The number of halogens is 1. The molecule has 1 aromatic carbocycles. The van der Waals surface area contributed by atoms with Gasteiger partial charge in [0.05, 0.1) is 23.4 Å². The van der Waals surface area contributed by atoms with Crippen LogP contribution in [0.15, 0.2) is 66.4 Å². The molecule has 0 bridgehead atoms. The summed E-state index contributed by atoms with van der Waals surface area (Å²) in [6, 6.07) is 10.5. The quantitative estimate of drug-likeness (QED) is 0.597. The largest absolute Gasteiger partial charge is 0.508 e. The Morgan fingerprint density at radius 1 is 1.34 bits per heavy atom. The van der Waals surface area contributed by atoms with Gasteiger partial charge in [-0.3, -0.25) is 4.98 Å². The van der Waals surface area contributed by atoms with Crippen LogP contribution in [0.2, 0.25) is 11.3 Å². The number of phenols is 1. The van der Waals surface area contributed by atoms with Gasteiger partial charge in [-0.2, -0.15) is 0 Å². The van der Waals surface area contributed by atoms with E-state index in [4.69, 9.17) is 16.3 Å². The molecule has 0 fully saturated rings. The molecule has 3 rings (SSSR count). The van der Waals surface area contributed by atoms with Gasteiger partial charge in [0.2, 0.25) is 0 Å². The number of pyridine rings is 1. The molecular weight excluding hydrogens is 389 g/mol. The number of rotatable bonds is 7. The number of benzene rings is 1. The first-order valence-electron chi connectivity index (χ1n) is 9.41. The Morgan fingerprint density at radius 3 is 2.86 bits per heavy atom. The molecule has 0 spiro atoms. The number of aliphatic hydroxyl groups is 1. The van der Waals surface area contributed by atoms with Crippen LogP contribution in [-0.2, 0) is 4.65 Å². The van der Waals surface area contributed by atoms with Gasteiger partial charge in [-0.05, 0) is 71.5 Å². The maximum Gasteiger partial charge on any atom is 0.458 e. The molecule has 1 aliphatic rings. The van der Waals surface area contributed by atoms with Crippen LogP contribution in [0, 0.1) is 0 Å². The van der Waals surface area contributed by atoms with Crippen molar-refractivity contribution in [3.63, 3.8) is 0 Å². The smallest absolute Gasteiger partial charge is 0.458 e. The van der Waals surface area contributed by atoms with Crippen LogP contribution in [0.4, 0.5) is 0 Å². The van der Waals surface area contributed by atoms with Gasteiger partial charge in [-0.1, -0.05) is 30.3 Å². The molecule has 2 heterocycles. The van der Waals surface area contributed by atoms with Crippen molar-refractivity contribution in [1.82, 2.24) is 4.98 Å². The fraction of sp³-hybridized carbons (Fsp3) is 0.227. The van der Waals surface area contributed by atoms with Crippen molar-refractivity contribution in [2.45, 2.75) is 25.3 Å². The summed E-state index contributed by atoms with van der Waals surface area (Å²) in [7, 11) is -0.871. The van der Waals surface area contributed by atoms with Crippen LogP contribution >= 0.6 is 11.6 Å². The molecule has 1 atom stereocenters.